The quantitative estimate of drug-likeness (QED) is 0.567. The molecule has 0 fully saturated rings. The molecular weight excluding hydrogens is 262 g/mol. The fourth-order valence-corrected chi connectivity index (χ4v) is 1.27. The van der Waals surface area contributed by atoms with Crippen LogP contribution < -0.4 is 10.6 Å². The van der Waals surface area contributed by atoms with E-state index in [0.29, 0.717) is 12.5 Å². The number of carboxylic acid groups (broad SMARTS) is 1. The SMILES string of the molecule is C#CCN(CC(=O)O)C(=O)NC(C)C(=O)NCC(C)C. The highest BCUT2D eigenvalue weighted by molar-refractivity contribution is 5.87. The Morgan fingerprint density at radius 1 is 1.30 bits per heavy atom. The minimum atomic E-state index is -1.17. The summed E-state index contributed by atoms with van der Waals surface area (Å²) in [4.78, 5) is 35.0. The summed E-state index contributed by atoms with van der Waals surface area (Å²) >= 11 is 0. The Labute approximate surface area is 118 Å². The number of carboxylic acids is 1. The second-order valence-corrected chi connectivity index (χ2v) is 4.76. The fourth-order valence-electron chi connectivity index (χ4n) is 1.27. The van der Waals surface area contributed by atoms with Crippen molar-refractivity contribution in [2.75, 3.05) is 19.6 Å². The number of amides is 3. The first-order chi connectivity index (χ1) is 9.27. The molecule has 0 aromatic rings. The van der Waals surface area contributed by atoms with Crippen LogP contribution in [0.3, 0.4) is 0 Å². The lowest BCUT2D eigenvalue weighted by Gasteiger charge is -2.21. The van der Waals surface area contributed by atoms with E-state index in [2.05, 4.69) is 16.6 Å². The van der Waals surface area contributed by atoms with Crippen molar-refractivity contribution in [3.05, 3.63) is 0 Å². The second-order valence-electron chi connectivity index (χ2n) is 4.76. The average molecular weight is 283 g/mol. The molecule has 112 valence electrons. The van der Waals surface area contributed by atoms with Crippen molar-refractivity contribution in [1.82, 2.24) is 15.5 Å². The molecule has 1 atom stereocenters. The van der Waals surface area contributed by atoms with Crippen molar-refractivity contribution < 1.29 is 19.5 Å². The molecule has 7 heteroatoms. The minimum absolute atomic E-state index is 0.140. The van der Waals surface area contributed by atoms with Gasteiger partial charge in [0, 0.05) is 6.54 Å². The summed E-state index contributed by atoms with van der Waals surface area (Å²) < 4.78 is 0. The maximum atomic E-state index is 11.8. The summed E-state index contributed by atoms with van der Waals surface area (Å²) in [5.74, 6) is 0.991. The zero-order chi connectivity index (χ0) is 15.7. The van der Waals surface area contributed by atoms with Crippen LogP contribution in [0.1, 0.15) is 20.8 Å². The Morgan fingerprint density at radius 2 is 1.90 bits per heavy atom. The van der Waals surface area contributed by atoms with Crippen molar-refractivity contribution in [2.24, 2.45) is 5.92 Å². The zero-order valence-electron chi connectivity index (χ0n) is 12.0. The molecule has 0 spiro atoms. The zero-order valence-corrected chi connectivity index (χ0v) is 12.0. The van der Waals surface area contributed by atoms with Crippen LogP contribution >= 0.6 is 0 Å². The molecule has 0 aromatic heterocycles. The van der Waals surface area contributed by atoms with Gasteiger partial charge in [0.1, 0.15) is 12.6 Å². The highest BCUT2D eigenvalue weighted by atomic mass is 16.4. The van der Waals surface area contributed by atoms with Crippen LogP contribution in [0.5, 0.6) is 0 Å². The standard InChI is InChI=1S/C13H21N3O4/c1-5-6-16(8-11(17)18)13(20)15-10(4)12(19)14-7-9(2)3/h1,9-10H,6-8H2,2-4H3,(H,14,19)(H,15,20)(H,17,18). The van der Waals surface area contributed by atoms with E-state index in [1.165, 1.54) is 6.92 Å². The molecule has 0 heterocycles. The summed E-state index contributed by atoms with van der Waals surface area (Å²) in [5, 5.41) is 13.8. The molecule has 0 aliphatic carbocycles. The van der Waals surface area contributed by atoms with E-state index in [4.69, 9.17) is 11.5 Å². The van der Waals surface area contributed by atoms with Gasteiger partial charge in [-0.05, 0) is 12.8 Å². The van der Waals surface area contributed by atoms with E-state index in [0.717, 1.165) is 4.90 Å². The van der Waals surface area contributed by atoms with Gasteiger partial charge in [0.15, 0.2) is 0 Å². The van der Waals surface area contributed by atoms with Gasteiger partial charge in [0.25, 0.3) is 0 Å². The molecule has 0 bridgehead atoms. The largest absolute Gasteiger partial charge is 0.480 e. The summed E-state index contributed by atoms with van der Waals surface area (Å²) in [6.07, 6.45) is 5.07. The van der Waals surface area contributed by atoms with E-state index in [-0.39, 0.29) is 12.5 Å². The van der Waals surface area contributed by atoms with Gasteiger partial charge in [-0.25, -0.2) is 4.79 Å². The van der Waals surface area contributed by atoms with Gasteiger partial charge in [-0.1, -0.05) is 19.8 Å². The number of nitrogens with one attached hydrogen (secondary N) is 2. The first kappa shape index (κ1) is 17.8. The van der Waals surface area contributed by atoms with E-state index in [1.807, 2.05) is 13.8 Å². The number of aliphatic carboxylic acids is 1. The van der Waals surface area contributed by atoms with Gasteiger partial charge >= 0.3 is 12.0 Å². The maximum Gasteiger partial charge on any atom is 0.323 e. The van der Waals surface area contributed by atoms with Crippen molar-refractivity contribution in [3.63, 3.8) is 0 Å². The highest BCUT2D eigenvalue weighted by Gasteiger charge is 2.20. The Kier molecular flexibility index (Phi) is 7.82. The molecule has 3 N–H and O–H groups in total. The topological polar surface area (TPSA) is 98.7 Å². The molecular formula is C13H21N3O4. The van der Waals surface area contributed by atoms with Crippen LogP contribution in [-0.4, -0.2) is 53.6 Å². The monoisotopic (exact) mass is 283 g/mol. The summed E-state index contributed by atoms with van der Waals surface area (Å²) in [6, 6.07) is -1.45. The molecule has 0 aromatic carbocycles. The number of carbonyl (C=O) groups is 3. The lowest BCUT2D eigenvalue weighted by molar-refractivity contribution is -0.137. The Bertz CT molecular complexity index is 401. The van der Waals surface area contributed by atoms with Crippen LogP contribution in [-0.2, 0) is 9.59 Å². The maximum absolute atomic E-state index is 11.8. The summed E-state index contributed by atoms with van der Waals surface area (Å²) in [7, 11) is 0. The molecule has 1 unspecified atom stereocenters. The number of urea groups is 1. The molecule has 20 heavy (non-hydrogen) atoms. The van der Waals surface area contributed by atoms with E-state index in [1.54, 1.807) is 0 Å². The van der Waals surface area contributed by atoms with E-state index < -0.39 is 24.6 Å². The predicted molar refractivity (Wildman–Crippen MR) is 73.9 cm³/mol. The lowest BCUT2D eigenvalue weighted by atomic mass is 10.2. The Hall–Kier alpha value is -2.23. The van der Waals surface area contributed by atoms with Gasteiger partial charge in [0.05, 0.1) is 6.54 Å². The van der Waals surface area contributed by atoms with Crippen LogP contribution in [0, 0.1) is 18.3 Å². The number of hydrogen-bond donors (Lipinski definition) is 3. The smallest absolute Gasteiger partial charge is 0.323 e. The van der Waals surface area contributed by atoms with E-state index in [9.17, 15) is 14.4 Å². The molecule has 7 nitrogen and oxygen atoms in total. The predicted octanol–water partition coefficient (Wildman–Crippen LogP) is -0.123. The Balaban J connectivity index is 4.43. The first-order valence-corrected chi connectivity index (χ1v) is 6.26. The van der Waals surface area contributed by atoms with Crippen molar-refractivity contribution in [1.29, 1.82) is 0 Å². The summed E-state index contributed by atoms with van der Waals surface area (Å²) in [6.45, 7) is 5.26. The van der Waals surface area contributed by atoms with Gasteiger partial charge in [-0.3, -0.25) is 9.59 Å². The molecule has 0 saturated heterocycles. The summed E-state index contributed by atoms with van der Waals surface area (Å²) in [5.41, 5.74) is 0. The number of terminal acetylenes is 1. The Morgan fingerprint density at radius 3 is 2.35 bits per heavy atom. The lowest BCUT2D eigenvalue weighted by Crippen LogP contribution is -2.51. The van der Waals surface area contributed by atoms with Gasteiger partial charge in [-0.15, -0.1) is 6.42 Å². The second kappa shape index (κ2) is 8.80. The fraction of sp³-hybridized carbons (Fsp3) is 0.615. The third-order valence-corrected chi connectivity index (χ3v) is 2.31. The average Bonchev–Trinajstić information content (AvgIpc) is 2.34. The van der Waals surface area contributed by atoms with Gasteiger partial charge in [-0.2, -0.15) is 0 Å². The molecule has 0 radical (unpaired) electrons. The van der Waals surface area contributed by atoms with Crippen LogP contribution in [0.15, 0.2) is 0 Å². The highest BCUT2D eigenvalue weighted by Crippen LogP contribution is 1.93. The first-order valence-electron chi connectivity index (χ1n) is 6.26. The van der Waals surface area contributed by atoms with E-state index >= 15 is 0 Å². The third kappa shape index (κ3) is 7.26. The van der Waals surface area contributed by atoms with Crippen molar-refractivity contribution in [3.8, 4) is 12.3 Å². The molecule has 0 aliphatic heterocycles. The number of nitrogens with zero attached hydrogens (tertiary/aromatic N) is 1. The molecule has 0 aliphatic rings. The van der Waals surface area contributed by atoms with Gasteiger partial charge in [0.2, 0.25) is 5.91 Å². The number of carbonyl (C=O) groups excluding carboxylic acids is 2. The van der Waals surface area contributed by atoms with Crippen LogP contribution in [0.4, 0.5) is 4.79 Å². The molecule has 3 amide bonds. The third-order valence-electron chi connectivity index (χ3n) is 2.31. The van der Waals surface area contributed by atoms with Crippen molar-refractivity contribution >= 4 is 17.9 Å². The number of rotatable bonds is 7. The molecule has 0 saturated carbocycles. The van der Waals surface area contributed by atoms with Crippen molar-refractivity contribution in [2.45, 2.75) is 26.8 Å². The number of hydrogen-bond acceptors (Lipinski definition) is 3. The van der Waals surface area contributed by atoms with Crippen LogP contribution in [0.25, 0.3) is 0 Å². The molecule has 0 rings (SSSR count). The normalized spacial score (nSPS) is 11.3. The van der Waals surface area contributed by atoms with Crippen LogP contribution in [0.2, 0.25) is 0 Å². The minimum Gasteiger partial charge on any atom is -0.480 e. The van der Waals surface area contributed by atoms with Gasteiger partial charge < -0.3 is 20.6 Å².